The number of carbonyl (C=O) groups excluding carboxylic acids is 3. The van der Waals surface area contributed by atoms with Crippen molar-refractivity contribution >= 4 is 24.1 Å². The Morgan fingerprint density at radius 1 is 1.40 bits per heavy atom. The molecule has 1 saturated heterocycles. The minimum Gasteiger partial charge on any atom is -0.464 e. The number of rotatable bonds is 2. The molecular weight excluding hydrogens is 322 g/mol. The molecule has 0 aromatic heterocycles. The summed E-state index contributed by atoms with van der Waals surface area (Å²) in [5.74, 6) is -0.730. The third kappa shape index (κ3) is 3.60. The molecule has 0 aromatic rings. The summed E-state index contributed by atoms with van der Waals surface area (Å²) in [4.78, 5) is 43.0. The first kappa shape index (κ1) is 17.6. The van der Waals surface area contributed by atoms with Crippen LogP contribution in [0.4, 0.5) is 4.79 Å². The Bertz CT molecular complexity index is 615. The van der Waals surface area contributed by atoms with Crippen molar-refractivity contribution in [2.45, 2.75) is 57.0 Å². The van der Waals surface area contributed by atoms with Gasteiger partial charge in [0, 0.05) is 18.7 Å². The summed E-state index contributed by atoms with van der Waals surface area (Å²) in [6, 6.07) is -0.918. The van der Waals surface area contributed by atoms with Crippen LogP contribution in [0.15, 0.2) is 17.1 Å². The van der Waals surface area contributed by atoms with E-state index in [2.05, 4.69) is 10.3 Å². The predicted molar refractivity (Wildman–Crippen MR) is 92.2 cm³/mol. The number of ether oxygens (including phenoxy) is 1. The lowest BCUT2D eigenvalue weighted by Crippen LogP contribution is -2.53. The Labute approximate surface area is 147 Å². The van der Waals surface area contributed by atoms with Crippen LogP contribution < -0.4 is 5.32 Å². The number of nitrogens with zero attached hydrogens (tertiary/aromatic N) is 2. The second-order valence-corrected chi connectivity index (χ2v) is 6.79. The first-order valence-corrected chi connectivity index (χ1v) is 9.07. The van der Waals surface area contributed by atoms with E-state index in [1.807, 2.05) is 12.2 Å². The number of nitrogens with one attached hydrogen (secondary N) is 1. The van der Waals surface area contributed by atoms with Crippen LogP contribution in [-0.4, -0.2) is 53.8 Å². The summed E-state index contributed by atoms with van der Waals surface area (Å²) in [7, 11) is 0. The lowest BCUT2D eigenvalue weighted by molar-refractivity contribution is -0.147. The van der Waals surface area contributed by atoms with Gasteiger partial charge in [0.2, 0.25) is 0 Å². The van der Waals surface area contributed by atoms with E-state index in [0.717, 1.165) is 25.7 Å². The summed E-state index contributed by atoms with van der Waals surface area (Å²) in [6.07, 6.45) is 10.0. The monoisotopic (exact) mass is 347 g/mol. The van der Waals surface area contributed by atoms with Crippen molar-refractivity contribution in [3.63, 3.8) is 0 Å². The van der Waals surface area contributed by atoms with Gasteiger partial charge in [-0.15, -0.1) is 0 Å². The molecule has 0 spiro atoms. The van der Waals surface area contributed by atoms with E-state index >= 15 is 0 Å². The van der Waals surface area contributed by atoms with Crippen LogP contribution >= 0.6 is 0 Å². The number of urea groups is 1. The van der Waals surface area contributed by atoms with Gasteiger partial charge in [-0.2, -0.15) is 0 Å². The number of carbonyl (C=O) groups is 3. The van der Waals surface area contributed by atoms with Gasteiger partial charge in [0.15, 0.2) is 0 Å². The Kier molecular flexibility index (Phi) is 5.20. The number of esters is 1. The van der Waals surface area contributed by atoms with Crippen LogP contribution in [0.1, 0.15) is 45.4 Å². The van der Waals surface area contributed by atoms with E-state index in [1.165, 1.54) is 4.90 Å². The van der Waals surface area contributed by atoms with Crippen molar-refractivity contribution in [1.29, 1.82) is 0 Å². The van der Waals surface area contributed by atoms with Gasteiger partial charge in [-0.05, 0) is 45.4 Å². The fourth-order valence-electron chi connectivity index (χ4n) is 3.57. The highest BCUT2D eigenvalue weighted by atomic mass is 16.5. The number of amides is 3. The number of hydrogen-bond donors (Lipinski definition) is 1. The van der Waals surface area contributed by atoms with Crippen LogP contribution in [0.5, 0.6) is 0 Å². The molecule has 25 heavy (non-hydrogen) atoms. The molecule has 3 aliphatic rings. The highest BCUT2D eigenvalue weighted by Crippen LogP contribution is 2.46. The van der Waals surface area contributed by atoms with Gasteiger partial charge in [0.1, 0.15) is 11.6 Å². The Morgan fingerprint density at radius 2 is 2.24 bits per heavy atom. The largest absolute Gasteiger partial charge is 0.464 e. The van der Waals surface area contributed by atoms with Crippen LogP contribution in [0.25, 0.3) is 0 Å². The molecule has 3 rings (SSSR count). The number of fused-ring (bicyclic) bond motifs is 2. The number of aliphatic imine (C=N–C) groups is 1. The fraction of sp³-hybridized carbons (Fsp3) is 0.667. The van der Waals surface area contributed by atoms with Gasteiger partial charge in [-0.3, -0.25) is 4.79 Å². The molecule has 2 heterocycles. The second kappa shape index (κ2) is 7.37. The van der Waals surface area contributed by atoms with Gasteiger partial charge in [0.05, 0.1) is 6.61 Å². The fourth-order valence-corrected chi connectivity index (χ4v) is 3.57. The van der Waals surface area contributed by atoms with E-state index in [0.29, 0.717) is 19.4 Å². The molecule has 0 aromatic carbocycles. The first-order valence-electron chi connectivity index (χ1n) is 9.07. The topological polar surface area (TPSA) is 88.1 Å². The number of allylic oxidation sites excluding steroid dienone is 1. The van der Waals surface area contributed by atoms with Crippen molar-refractivity contribution in [3.05, 3.63) is 12.2 Å². The zero-order valence-corrected chi connectivity index (χ0v) is 14.6. The summed E-state index contributed by atoms with van der Waals surface area (Å²) < 4.78 is 5.18. The third-order valence-corrected chi connectivity index (χ3v) is 5.07. The maximum Gasteiger partial charge on any atom is 0.332 e. The molecule has 2 aliphatic heterocycles. The molecule has 7 heteroatoms. The maximum absolute atomic E-state index is 12.7. The molecule has 1 aliphatic carbocycles. The van der Waals surface area contributed by atoms with Crippen molar-refractivity contribution in [2.75, 3.05) is 13.2 Å². The van der Waals surface area contributed by atoms with E-state index < -0.39 is 17.6 Å². The van der Waals surface area contributed by atoms with Gasteiger partial charge >= 0.3 is 12.0 Å². The zero-order valence-electron chi connectivity index (χ0n) is 14.6. The van der Waals surface area contributed by atoms with E-state index in [1.54, 1.807) is 13.1 Å². The van der Waals surface area contributed by atoms with Crippen molar-refractivity contribution < 1.29 is 19.1 Å². The summed E-state index contributed by atoms with van der Waals surface area (Å²) in [5.41, 5.74) is -0.993. The molecule has 2 fully saturated rings. The molecule has 3 amide bonds. The molecular formula is C18H25N3O4. The molecule has 0 unspecified atom stereocenters. The molecule has 0 bridgehead atoms. The second-order valence-electron chi connectivity index (χ2n) is 6.79. The Hall–Kier alpha value is -2.18. The van der Waals surface area contributed by atoms with Gasteiger partial charge in [-0.1, -0.05) is 12.2 Å². The third-order valence-electron chi connectivity index (χ3n) is 5.07. The molecule has 1 N–H and O–H groups in total. The standard InChI is InChI=1S/C18H25N3O4/c1-2-25-16(23)18-12-13(18)8-5-3-4-6-10-19-15(22)14-9-7-11-21(14)17(24)20-18/h5,8,10,13-14H,2-4,6-7,9,11-12H2,1H3,(H,20,24)/b8-5-,19-10+/t13-,14+,18-/m1/s1. The van der Waals surface area contributed by atoms with Crippen molar-refractivity contribution in [3.8, 4) is 0 Å². The maximum atomic E-state index is 12.7. The zero-order chi connectivity index (χ0) is 17.9. The SMILES string of the molecule is CCOC(=O)[C@@]12C[C@H]1/C=C\CCC/C=N/C(=O)[C@@H]1CCCN1C(=O)N2. The van der Waals surface area contributed by atoms with Crippen LogP contribution in [-0.2, 0) is 14.3 Å². The lowest BCUT2D eigenvalue weighted by atomic mass is 10.1. The normalized spacial score (nSPS) is 35.0. The quantitative estimate of drug-likeness (QED) is 0.610. The molecule has 3 atom stereocenters. The molecule has 0 radical (unpaired) electrons. The summed E-state index contributed by atoms with van der Waals surface area (Å²) in [5, 5.41) is 2.85. The van der Waals surface area contributed by atoms with E-state index in [9.17, 15) is 14.4 Å². The lowest BCUT2D eigenvalue weighted by Gasteiger charge is -2.26. The molecule has 136 valence electrons. The predicted octanol–water partition coefficient (Wildman–Crippen LogP) is 1.82. The van der Waals surface area contributed by atoms with Crippen LogP contribution in [0.2, 0.25) is 0 Å². The molecule has 7 nitrogen and oxygen atoms in total. The summed E-state index contributed by atoms with van der Waals surface area (Å²) >= 11 is 0. The Balaban J connectivity index is 1.83. The minimum absolute atomic E-state index is 0.0520. The average Bonchev–Trinajstić information content (AvgIpc) is 3.05. The average molecular weight is 347 g/mol. The minimum atomic E-state index is -0.993. The highest BCUT2D eigenvalue weighted by molar-refractivity contribution is 5.95. The smallest absolute Gasteiger partial charge is 0.332 e. The Morgan fingerprint density at radius 3 is 3.04 bits per heavy atom. The van der Waals surface area contributed by atoms with Gasteiger partial charge < -0.3 is 15.0 Å². The van der Waals surface area contributed by atoms with Crippen molar-refractivity contribution in [1.82, 2.24) is 10.2 Å². The van der Waals surface area contributed by atoms with Gasteiger partial charge in [-0.25, -0.2) is 14.6 Å². The first-order chi connectivity index (χ1) is 12.1. The van der Waals surface area contributed by atoms with Crippen LogP contribution in [0, 0.1) is 5.92 Å². The van der Waals surface area contributed by atoms with Crippen molar-refractivity contribution in [2.24, 2.45) is 10.9 Å². The van der Waals surface area contributed by atoms with Gasteiger partial charge in [0.25, 0.3) is 5.91 Å². The number of hydrogen-bond acceptors (Lipinski definition) is 4. The summed E-state index contributed by atoms with van der Waals surface area (Å²) in [6.45, 7) is 2.52. The van der Waals surface area contributed by atoms with Crippen LogP contribution in [0.3, 0.4) is 0 Å². The highest BCUT2D eigenvalue weighted by Gasteiger charge is 2.62. The van der Waals surface area contributed by atoms with E-state index in [4.69, 9.17) is 4.74 Å². The van der Waals surface area contributed by atoms with E-state index in [-0.39, 0.29) is 24.5 Å². The molecule has 1 saturated carbocycles.